The second kappa shape index (κ2) is 9.24. The fourth-order valence-electron chi connectivity index (χ4n) is 4.83. The van der Waals surface area contributed by atoms with Crippen LogP contribution in [0.5, 0.6) is 0 Å². The quantitative estimate of drug-likeness (QED) is 0.258. The number of para-hydroxylation sites is 3. The van der Waals surface area contributed by atoms with E-state index in [1.54, 1.807) is 0 Å². The van der Waals surface area contributed by atoms with Crippen LogP contribution < -0.4 is 5.73 Å². The summed E-state index contributed by atoms with van der Waals surface area (Å²) in [6.07, 6.45) is 5.14. The first-order valence-electron chi connectivity index (χ1n) is 12.3. The third-order valence-corrected chi connectivity index (χ3v) is 6.82. The van der Waals surface area contributed by atoms with Gasteiger partial charge in [0.2, 0.25) is 0 Å². The second-order valence-electron chi connectivity index (χ2n) is 9.26. The minimum absolute atomic E-state index is 0.812. The number of hydrogen-bond donors (Lipinski definition) is 1. The number of aryl methyl sites for hydroxylation is 1. The molecule has 6 rings (SSSR count). The summed E-state index contributed by atoms with van der Waals surface area (Å²) >= 11 is 0. The predicted octanol–water partition coefficient (Wildman–Crippen LogP) is 9.07. The molecule has 0 atom stereocenters. The van der Waals surface area contributed by atoms with Gasteiger partial charge in [-0.25, -0.2) is 0 Å². The largest absolute Gasteiger partial charge is 0.455 e. The fraction of sp³-hybridized carbons (Fsp3) is 0.0588. The first kappa shape index (κ1) is 21.9. The molecule has 0 fully saturated rings. The Balaban J connectivity index is 1.22. The van der Waals surface area contributed by atoms with E-state index in [2.05, 4.69) is 116 Å². The number of fused-ring (bicyclic) bond motifs is 3. The van der Waals surface area contributed by atoms with Gasteiger partial charge in [0.15, 0.2) is 0 Å². The van der Waals surface area contributed by atoms with Crippen LogP contribution in [-0.4, -0.2) is 0 Å². The highest BCUT2D eigenvalue weighted by molar-refractivity contribution is 6.09. The Morgan fingerprint density at radius 1 is 0.667 bits per heavy atom. The molecule has 0 amide bonds. The van der Waals surface area contributed by atoms with Gasteiger partial charge in [-0.05, 0) is 41.7 Å². The standard InChI is InChI=1S/C34H27NO/c1-23-15-19-25(20-16-23)28-11-5-9-27(33(28)35)8-4-7-24-17-21-26(22-18-24)29-12-6-13-31-30-10-2-3-14-32(30)36-34(29)31/h2-6,8-22H,7,35H2,1H3/b8-4-. The molecule has 0 aliphatic rings. The van der Waals surface area contributed by atoms with Crippen molar-refractivity contribution in [1.82, 2.24) is 0 Å². The second-order valence-corrected chi connectivity index (χ2v) is 9.26. The molecule has 6 aromatic rings. The topological polar surface area (TPSA) is 39.2 Å². The van der Waals surface area contributed by atoms with Crippen molar-refractivity contribution >= 4 is 33.7 Å². The number of rotatable bonds is 5. The molecular weight excluding hydrogens is 438 g/mol. The number of benzene rings is 5. The highest BCUT2D eigenvalue weighted by Gasteiger charge is 2.11. The summed E-state index contributed by atoms with van der Waals surface area (Å²) in [5.41, 5.74) is 17.2. The molecule has 0 bridgehead atoms. The van der Waals surface area contributed by atoms with Crippen LogP contribution >= 0.6 is 0 Å². The minimum atomic E-state index is 0.812. The maximum Gasteiger partial charge on any atom is 0.143 e. The molecule has 0 spiro atoms. The average Bonchev–Trinajstić information content (AvgIpc) is 3.30. The van der Waals surface area contributed by atoms with Crippen molar-refractivity contribution in [2.45, 2.75) is 13.3 Å². The minimum Gasteiger partial charge on any atom is -0.455 e. The highest BCUT2D eigenvalue weighted by Crippen LogP contribution is 2.35. The zero-order valence-corrected chi connectivity index (χ0v) is 20.2. The SMILES string of the molecule is Cc1ccc(-c2cccc(/C=C\Cc3ccc(-c4cccc5c4oc4ccccc45)cc3)c2N)cc1. The zero-order valence-electron chi connectivity index (χ0n) is 20.2. The molecule has 174 valence electrons. The summed E-state index contributed by atoms with van der Waals surface area (Å²) < 4.78 is 6.22. The van der Waals surface area contributed by atoms with Crippen molar-refractivity contribution in [3.05, 3.63) is 132 Å². The summed E-state index contributed by atoms with van der Waals surface area (Å²) in [4.78, 5) is 0. The van der Waals surface area contributed by atoms with E-state index in [1.165, 1.54) is 11.1 Å². The van der Waals surface area contributed by atoms with E-state index in [9.17, 15) is 0 Å². The smallest absolute Gasteiger partial charge is 0.143 e. The molecule has 0 saturated heterocycles. The molecule has 5 aromatic carbocycles. The highest BCUT2D eigenvalue weighted by atomic mass is 16.3. The van der Waals surface area contributed by atoms with Crippen molar-refractivity contribution in [3.63, 3.8) is 0 Å². The Morgan fingerprint density at radius 2 is 1.33 bits per heavy atom. The number of anilines is 1. The number of nitrogens with two attached hydrogens (primary N) is 1. The molecule has 0 radical (unpaired) electrons. The van der Waals surface area contributed by atoms with Crippen LogP contribution in [-0.2, 0) is 6.42 Å². The van der Waals surface area contributed by atoms with Gasteiger partial charge in [0.05, 0.1) is 0 Å². The molecule has 2 nitrogen and oxygen atoms in total. The molecule has 36 heavy (non-hydrogen) atoms. The molecule has 2 heteroatoms. The molecule has 0 saturated carbocycles. The Hall–Kier alpha value is -4.56. The lowest BCUT2D eigenvalue weighted by molar-refractivity contribution is 0.670. The molecular formula is C34H27NO. The van der Waals surface area contributed by atoms with E-state index < -0.39 is 0 Å². The summed E-state index contributed by atoms with van der Waals surface area (Å²) in [6, 6.07) is 38.0. The van der Waals surface area contributed by atoms with Crippen molar-refractivity contribution < 1.29 is 4.42 Å². The lowest BCUT2D eigenvalue weighted by Gasteiger charge is -2.09. The Labute approximate surface area is 211 Å². The fourth-order valence-corrected chi connectivity index (χ4v) is 4.83. The van der Waals surface area contributed by atoms with Crippen LogP contribution in [0.4, 0.5) is 5.69 Å². The van der Waals surface area contributed by atoms with Gasteiger partial charge in [-0.3, -0.25) is 0 Å². The van der Waals surface area contributed by atoms with Crippen LogP contribution in [0.3, 0.4) is 0 Å². The Morgan fingerprint density at radius 3 is 2.17 bits per heavy atom. The lowest BCUT2D eigenvalue weighted by atomic mass is 9.98. The van der Waals surface area contributed by atoms with Crippen LogP contribution in [0.1, 0.15) is 16.7 Å². The van der Waals surface area contributed by atoms with Gasteiger partial charge in [-0.1, -0.05) is 121 Å². The Bertz CT molecular complexity index is 1700. The van der Waals surface area contributed by atoms with Gasteiger partial charge in [0, 0.05) is 27.6 Å². The first-order chi connectivity index (χ1) is 17.7. The number of allylic oxidation sites excluding steroid dienone is 1. The van der Waals surface area contributed by atoms with Gasteiger partial charge in [0.1, 0.15) is 11.2 Å². The van der Waals surface area contributed by atoms with E-state index >= 15 is 0 Å². The normalized spacial score (nSPS) is 11.6. The van der Waals surface area contributed by atoms with E-state index in [-0.39, 0.29) is 0 Å². The van der Waals surface area contributed by atoms with Crippen LogP contribution in [0.2, 0.25) is 0 Å². The van der Waals surface area contributed by atoms with Crippen molar-refractivity contribution in [1.29, 1.82) is 0 Å². The zero-order chi connectivity index (χ0) is 24.5. The Kier molecular flexibility index (Phi) is 5.63. The maximum atomic E-state index is 6.53. The van der Waals surface area contributed by atoms with Crippen LogP contribution in [0.25, 0.3) is 50.3 Å². The molecule has 2 N–H and O–H groups in total. The van der Waals surface area contributed by atoms with E-state index in [1.807, 2.05) is 12.1 Å². The summed E-state index contributed by atoms with van der Waals surface area (Å²) in [5.74, 6) is 0. The number of furan rings is 1. The molecule has 1 heterocycles. The van der Waals surface area contributed by atoms with Gasteiger partial charge in [-0.2, -0.15) is 0 Å². The van der Waals surface area contributed by atoms with E-state index in [4.69, 9.17) is 10.2 Å². The average molecular weight is 466 g/mol. The predicted molar refractivity (Wildman–Crippen MR) is 153 cm³/mol. The van der Waals surface area contributed by atoms with Gasteiger partial charge >= 0.3 is 0 Å². The van der Waals surface area contributed by atoms with Crippen LogP contribution in [0, 0.1) is 6.92 Å². The maximum absolute atomic E-state index is 6.53. The van der Waals surface area contributed by atoms with E-state index in [0.717, 1.165) is 61.9 Å². The molecule has 0 aliphatic heterocycles. The summed E-state index contributed by atoms with van der Waals surface area (Å²) in [5, 5.41) is 2.31. The van der Waals surface area contributed by atoms with Gasteiger partial charge in [0.25, 0.3) is 0 Å². The molecule has 1 aromatic heterocycles. The molecule has 0 aliphatic carbocycles. The summed E-state index contributed by atoms with van der Waals surface area (Å²) in [6.45, 7) is 2.10. The lowest BCUT2D eigenvalue weighted by Crippen LogP contribution is -1.93. The van der Waals surface area contributed by atoms with Gasteiger partial charge in [-0.15, -0.1) is 0 Å². The van der Waals surface area contributed by atoms with Crippen molar-refractivity contribution in [3.8, 4) is 22.3 Å². The van der Waals surface area contributed by atoms with Crippen molar-refractivity contribution in [2.75, 3.05) is 5.73 Å². The number of nitrogen functional groups attached to an aromatic ring is 1. The molecule has 0 unspecified atom stereocenters. The third kappa shape index (κ3) is 4.08. The summed E-state index contributed by atoms with van der Waals surface area (Å²) in [7, 11) is 0. The van der Waals surface area contributed by atoms with Crippen molar-refractivity contribution in [2.24, 2.45) is 0 Å². The van der Waals surface area contributed by atoms with E-state index in [0.29, 0.717) is 0 Å². The number of hydrogen-bond acceptors (Lipinski definition) is 2. The van der Waals surface area contributed by atoms with Gasteiger partial charge < -0.3 is 10.2 Å². The first-order valence-corrected chi connectivity index (χ1v) is 12.3. The third-order valence-electron chi connectivity index (χ3n) is 6.82. The van der Waals surface area contributed by atoms with Crippen LogP contribution in [0.15, 0.2) is 120 Å². The monoisotopic (exact) mass is 465 g/mol.